The normalized spacial score (nSPS) is 11.6. The van der Waals surface area contributed by atoms with Crippen molar-refractivity contribution in [2.24, 2.45) is 0 Å². The Morgan fingerprint density at radius 1 is 1.17 bits per heavy atom. The van der Waals surface area contributed by atoms with Gasteiger partial charge in [0.1, 0.15) is 5.82 Å². The molecule has 1 N–H and O–H groups in total. The number of esters is 1. The third kappa shape index (κ3) is 5.17. The number of anilines is 1. The van der Waals surface area contributed by atoms with Crippen molar-refractivity contribution < 1.29 is 18.7 Å². The van der Waals surface area contributed by atoms with Crippen molar-refractivity contribution in [1.82, 2.24) is 0 Å². The van der Waals surface area contributed by atoms with Crippen LogP contribution in [-0.2, 0) is 20.7 Å². The van der Waals surface area contributed by atoms with Gasteiger partial charge in [-0.05, 0) is 42.8 Å². The van der Waals surface area contributed by atoms with E-state index in [0.29, 0.717) is 5.69 Å². The Bertz CT molecular complexity index is 703. The summed E-state index contributed by atoms with van der Waals surface area (Å²) in [5, 5.41) is 2.64. The molecule has 0 unspecified atom stereocenters. The molecule has 0 radical (unpaired) electrons. The third-order valence-corrected chi connectivity index (χ3v) is 3.61. The minimum Gasteiger partial charge on any atom is -0.452 e. The number of amides is 1. The maximum Gasteiger partial charge on any atom is 0.311 e. The summed E-state index contributed by atoms with van der Waals surface area (Å²) < 4.78 is 19.4. The molecule has 0 saturated heterocycles. The van der Waals surface area contributed by atoms with E-state index >= 15 is 0 Å². The summed E-state index contributed by atoms with van der Waals surface area (Å²) in [6.07, 6.45) is -1.19. The molecule has 0 aliphatic rings. The number of hydrogen-bond acceptors (Lipinski definition) is 3. The first-order chi connectivity index (χ1) is 11.0. The van der Waals surface area contributed by atoms with Gasteiger partial charge in [-0.3, -0.25) is 9.59 Å². The summed E-state index contributed by atoms with van der Waals surface area (Å²) in [6.45, 7) is 1.47. The maximum absolute atomic E-state index is 13.5. The Kier molecular flexibility index (Phi) is 5.87. The number of nitrogens with one attached hydrogen (secondary N) is 1. The topological polar surface area (TPSA) is 55.4 Å². The fraction of sp³-hybridized carbons (Fsp3) is 0.176. The van der Waals surface area contributed by atoms with Crippen LogP contribution in [0.5, 0.6) is 0 Å². The fourth-order valence-electron chi connectivity index (χ4n) is 1.87. The minimum absolute atomic E-state index is 0.220. The molecule has 0 aliphatic carbocycles. The van der Waals surface area contributed by atoms with Gasteiger partial charge in [0.15, 0.2) is 6.10 Å². The van der Waals surface area contributed by atoms with E-state index in [-0.39, 0.29) is 12.0 Å². The summed E-state index contributed by atoms with van der Waals surface area (Å²) in [5.41, 5.74) is 0.827. The van der Waals surface area contributed by atoms with Crippen molar-refractivity contribution in [3.63, 3.8) is 0 Å². The number of rotatable bonds is 5. The van der Waals surface area contributed by atoms with E-state index < -0.39 is 23.8 Å². The van der Waals surface area contributed by atoms with Gasteiger partial charge in [-0.2, -0.15) is 0 Å². The van der Waals surface area contributed by atoms with E-state index in [1.54, 1.807) is 36.4 Å². The average Bonchev–Trinajstić information content (AvgIpc) is 2.51. The Balaban J connectivity index is 1.89. The van der Waals surface area contributed by atoms with E-state index in [4.69, 9.17) is 4.74 Å². The second-order valence-corrected chi connectivity index (χ2v) is 5.81. The first-order valence-corrected chi connectivity index (χ1v) is 7.74. The summed E-state index contributed by atoms with van der Waals surface area (Å²) in [5.74, 6) is -1.58. The van der Waals surface area contributed by atoms with Gasteiger partial charge >= 0.3 is 5.97 Å². The average molecular weight is 380 g/mol. The lowest BCUT2D eigenvalue weighted by Gasteiger charge is -2.13. The highest BCUT2D eigenvalue weighted by molar-refractivity contribution is 9.10. The van der Waals surface area contributed by atoms with Gasteiger partial charge in [0.2, 0.25) is 0 Å². The molecule has 0 saturated carbocycles. The molecule has 2 aromatic rings. The highest BCUT2D eigenvalue weighted by Gasteiger charge is 2.19. The number of carbonyl (C=O) groups excluding carboxylic acids is 2. The van der Waals surface area contributed by atoms with Gasteiger partial charge < -0.3 is 10.1 Å². The van der Waals surface area contributed by atoms with Gasteiger partial charge in [0.05, 0.1) is 6.42 Å². The van der Waals surface area contributed by atoms with Gasteiger partial charge in [-0.15, -0.1) is 0 Å². The lowest BCUT2D eigenvalue weighted by molar-refractivity contribution is -0.152. The highest BCUT2D eigenvalue weighted by Crippen LogP contribution is 2.15. The summed E-state index contributed by atoms with van der Waals surface area (Å²) in [7, 11) is 0. The zero-order valence-electron chi connectivity index (χ0n) is 12.4. The molecule has 0 aromatic heterocycles. The molecule has 6 heteroatoms. The smallest absolute Gasteiger partial charge is 0.311 e. The Hall–Kier alpha value is -2.21. The van der Waals surface area contributed by atoms with Gasteiger partial charge in [0, 0.05) is 10.2 Å². The van der Waals surface area contributed by atoms with Crippen molar-refractivity contribution in [1.29, 1.82) is 0 Å². The van der Waals surface area contributed by atoms with Crippen LogP contribution >= 0.6 is 15.9 Å². The van der Waals surface area contributed by atoms with Crippen LogP contribution in [0.2, 0.25) is 0 Å². The fourth-order valence-corrected chi connectivity index (χ4v) is 2.13. The first kappa shape index (κ1) is 17.1. The van der Waals surface area contributed by atoms with Crippen LogP contribution in [0, 0.1) is 5.82 Å². The molecule has 2 aromatic carbocycles. The molecule has 0 heterocycles. The predicted octanol–water partition coefficient (Wildman–Crippen LogP) is 3.70. The van der Waals surface area contributed by atoms with Crippen LogP contribution in [0.4, 0.5) is 10.1 Å². The van der Waals surface area contributed by atoms with Crippen LogP contribution in [0.1, 0.15) is 12.5 Å². The lowest BCUT2D eigenvalue weighted by atomic mass is 10.1. The van der Waals surface area contributed by atoms with E-state index in [1.807, 2.05) is 0 Å². The second-order valence-electron chi connectivity index (χ2n) is 4.90. The summed E-state index contributed by atoms with van der Waals surface area (Å²) >= 11 is 3.30. The molecular formula is C17H15BrFNO3. The highest BCUT2D eigenvalue weighted by atomic mass is 79.9. The maximum atomic E-state index is 13.5. The molecule has 0 spiro atoms. The van der Waals surface area contributed by atoms with Crippen molar-refractivity contribution >= 4 is 33.5 Å². The monoisotopic (exact) mass is 379 g/mol. The number of hydrogen-bond donors (Lipinski definition) is 1. The molecule has 0 fully saturated rings. The Labute approximate surface area is 141 Å². The molecule has 1 amide bonds. The molecule has 4 nitrogen and oxygen atoms in total. The first-order valence-electron chi connectivity index (χ1n) is 6.95. The van der Waals surface area contributed by atoms with E-state index in [1.165, 1.54) is 19.1 Å². The van der Waals surface area contributed by atoms with Crippen molar-refractivity contribution in [2.75, 3.05) is 5.32 Å². The Morgan fingerprint density at radius 3 is 2.48 bits per heavy atom. The third-order valence-electron chi connectivity index (χ3n) is 3.08. The quantitative estimate of drug-likeness (QED) is 0.805. The molecule has 0 aliphatic heterocycles. The minimum atomic E-state index is -0.974. The zero-order valence-corrected chi connectivity index (χ0v) is 14.0. The summed E-state index contributed by atoms with van der Waals surface area (Å²) in [4.78, 5) is 23.8. The number of benzene rings is 2. The van der Waals surface area contributed by atoms with E-state index in [2.05, 4.69) is 21.2 Å². The molecule has 0 bridgehead atoms. The van der Waals surface area contributed by atoms with Crippen LogP contribution in [0.15, 0.2) is 53.0 Å². The molecule has 120 valence electrons. The number of ether oxygens (including phenoxy) is 1. The SMILES string of the molecule is C[C@@H](OC(=O)Cc1ccccc1F)C(=O)Nc1ccc(Br)cc1. The largest absolute Gasteiger partial charge is 0.452 e. The van der Waals surface area contributed by atoms with Gasteiger partial charge in [0.25, 0.3) is 5.91 Å². The van der Waals surface area contributed by atoms with Crippen LogP contribution in [0.25, 0.3) is 0 Å². The predicted molar refractivity (Wildman–Crippen MR) is 88.4 cm³/mol. The van der Waals surface area contributed by atoms with Gasteiger partial charge in [-0.25, -0.2) is 4.39 Å². The van der Waals surface area contributed by atoms with E-state index in [9.17, 15) is 14.0 Å². The molecule has 23 heavy (non-hydrogen) atoms. The summed E-state index contributed by atoms with van der Waals surface area (Å²) in [6, 6.07) is 12.9. The molecule has 2 rings (SSSR count). The van der Waals surface area contributed by atoms with Gasteiger partial charge in [-0.1, -0.05) is 34.1 Å². The molecule has 1 atom stereocenters. The number of halogens is 2. The second kappa shape index (κ2) is 7.87. The zero-order chi connectivity index (χ0) is 16.8. The lowest BCUT2D eigenvalue weighted by Crippen LogP contribution is -2.30. The van der Waals surface area contributed by atoms with E-state index in [0.717, 1.165) is 4.47 Å². The Morgan fingerprint density at radius 2 is 1.83 bits per heavy atom. The van der Waals surface area contributed by atoms with Crippen molar-refractivity contribution in [2.45, 2.75) is 19.4 Å². The van der Waals surface area contributed by atoms with Crippen molar-refractivity contribution in [3.05, 3.63) is 64.4 Å². The van der Waals surface area contributed by atoms with Crippen LogP contribution < -0.4 is 5.32 Å². The van der Waals surface area contributed by atoms with Crippen molar-refractivity contribution in [3.8, 4) is 0 Å². The van der Waals surface area contributed by atoms with Crippen LogP contribution in [0.3, 0.4) is 0 Å². The standard InChI is InChI=1S/C17H15BrFNO3/c1-11(17(22)20-14-8-6-13(18)7-9-14)23-16(21)10-12-4-2-3-5-15(12)19/h2-9,11H,10H2,1H3,(H,20,22)/t11-/m1/s1. The number of carbonyl (C=O) groups is 2. The molecular weight excluding hydrogens is 365 g/mol. The van der Waals surface area contributed by atoms with Crippen LogP contribution in [-0.4, -0.2) is 18.0 Å².